The first-order valence-corrected chi connectivity index (χ1v) is 5.82. The SMILES string of the molecule is O=C1c2ccccc2N1C(=O)c1ccccc1[N+](=O)[O-]. The maximum Gasteiger partial charge on any atom is 0.282 e. The third-order valence-electron chi connectivity index (χ3n) is 3.11. The van der Waals surface area contributed by atoms with Crippen molar-refractivity contribution in [3.05, 3.63) is 69.8 Å². The van der Waals surface area contributed by atoms with Gasteiger partial charge in [-0.3, -0.25) is 19.7 Å². The Morgan fingerprint density at radius 1 is 1.05 bits per heavy atom. The van der Waals surface area contributed by atoms with Crippen LogP contribution in [0.15, 0.2) is 48.5 Å². The lowest BCUT2D eigenvalue weighted by atomic mass is 10.0. The number of carbonyl (C=O) groups excluding carboxylic acids is 2. The molecular weight excluding hydrogens is 260 g/mol. The summed E-state index contributed by atoms with van der Waals surface area (Å²) in [4.78, 5) is 35.5. The summed E-state index contributed by atoms with van der Waals surface area (Å²) in [6, 6.07) is 12.2. The average Bonchev–Trinajstić information content (AvgIpc) is 2.46. The van der Waals surface area contributed by atoms with Crippen molar-refractivity contribution in [1.29, 1.82) is 0 Å². The molecule has 1 aliphatic rings. The third-order valence-corrected chi connectivity index (χ3v) is 3.11. The monoisotopic (exact) mass is 268 g/mol. The van der Waals surface area contributed by atoms with Gasteiger partial charge in [0.15, 0.2) is 0 Å². The molecule has 2 aromatic rings. The Morgan fingerprint density at radius 2 is 1.70 bits per heavy atom. The van der Waals surface area contributed by atoms with Gasteiger partial charge >= 0.3 is 0 Å². The van der Waals surface area contributed by atoms with E-state index >= 15 is 0 Å². The van der Waals surface area contributed by atoms with E-state index in [4.69, 9.17) is 0 Å². The van der Waals surface area contributed by atoms with E-state index < -0.39 is 16.7 Å². The van der Waals surface area contributed by atoms with Crippen LogP contribution in [0.4, 0.5) is 11.4 Å². The fourth-order valence-corrected chi connectivity index (χ4v) is 2.16. The lowest BCUT2D eigenvalue weighted by Crippen LogP contribution is -2.45. The molecule has 6 nitrogen and oxygen atoms in total. The fourth-order valence-electron chi connectivity index (χ4n) is 2.16. The van der Waals surface area contributed by atoms with Gasteiger partial charge in [-0.25, -0.2) is 4.90 Å². The van der Waals surface area contributed by atoms with Crippen LogP contribution in [0, 0.1) is 10.1 Å². The number of nitro groups is 1. The molecule has 0 fully saturated rings. The number of para-hydroxylation sites is 2. The molecule has 98 valence electrons. The van der Waals surface area contributed by atoms with Crippen LogP contribution in [0.2, 0.25) is 0 Å². The molecule has 1 aliphatic heterocycles. The highest BCUT2D eigenvalue weighted by molar-refractivity contribution is 6.35. The molecule has 2 aromatic carbocycles. The van der Waals surface area contributed by atoms with E-state index in [0.29, 0.717) is 11.3 Å². The van der Waals surface area contributed by atoms with Crippen LogP contribution in [0.5, 0.6) is 0 Å². The Kier molecular flexibility index (Phi) is 2.57. The van der Waals surface area contributed by atoms with Gasteiger partial charge in [-0.05, 0) is 18.2 Å². The van der Waals surface area contributed by atoms with Gasteiger partial charge in [0.1, 0.15) is 5.56 Å². The second-order valence-corrected chi connectivity index (χ2v) is 4.24. The van der Waals surface area contributed by atoms with Crippen molar-refractivity contribution in [2.45, 2.75) is 0 Å². The molecule has 0 saturated carbocycles. The molecule has 2 amide bonds. The summed E-state index contributed by atoms with van der Waals surface area (Å²) in [7, 11) is 0. The first-order chi connectivity index (χ1) is 9.61. The van der Waals surface area contributed by atoms with Crippen molar-refractivity contribution in [2.75, 3.05) is 4.90 Å². The van der Waals surface area contributed by atoms with Gasteiger partial charge in [0.2, 0.25) is 0 Å². The molecule has 6 heteroatoms. The van der Waals surface area contributed by atoms with Crippen molar-refractivity contribution in [3.63, 3.8) is 0 Å². The average molecular weight is 268 g/mol. The van der Waals surface area contributed by atoms with E-state index in [9.17, 15) is 19.7 Å². The molecule has 0 unspecified atom stereocenters. The van der Waals surface area contributed by atoms with E-state index in [2.05, 4.69) is 0 Å². The zero-order valence-corrected chi connectivity index (χ0v) is 10.1. The molecule has 1 heterocycles. The standard InChI is InChI=1S/C14H8N2O4/c17-13-9-5-1-3-7-11(9)15(13)14(18)10-6-2-4-8-12(10)16(19)20/h1-8H. The van der Waals surface area contributed by atoms with Crippen LogP contribution in [0.25, 0.3) is 0 Å². The van der Waals surface area contributed by atoms with Crippen molar-refractivity contribution < 1.29 is 14.5 Å². The summed E-state index contributed by atoms with van der Waals surface area (Å²) in [5.74, 6) is -1.12. The van der Waals surface area contributed by atoms with Gasteiger partial charge in [0.05, 0.1) is 16.2 Å². The Balaban J connectivity index is 2.04. The largest absolute Gasteiger partial charge is 0.282 e. The predicted molar refractivity (Wildman–Crippen MR) is 70.7 cm³/mol. The number of hydrogen-bond acceptors (Lipinski definition) is 4. The van der Waals surface area contributed by atoms with Gasteiger partial charge in [-0.1, -0.05) is 24.3 Å². The van der Waals surface area contributed by atoms with Crippen LogP contribution in [-0.4, -0.2) is 16.7 Å². The summed E-state index contributed by atoms with van der Waals surface area (Å²) < 4.78 is 0. The number of benzene rings is 2. The zero-order valence-electron chi connectivity index (χ0n) is 10.1. The van der Waals surface area contributed by atoms with Crippen LogP contribution in [0.3, 0.4) is 0 Å². The molecule has 0 N–H and O–H groups in total. The Hall–Kier alpha value is -3.02. The normalized spacial score (nSPS) is 12.6. The van der Waals surface area contributed by atoms with Gasteiger partial charge < -0.3 is 0 Å². The second kappa shape index (κ2) is 4.27. The number of imide groups is 1. The van der Waals surface area contributed by atoms with Crippen molar-refractivity contribution in [3.8, 4) is 0 Å². The summed E-state index contributed by atoms with van der Waals surface area (Å²) in [6.07, 6.45) is 0. The van der Waals surface area contributed by atoms with Crippen LogP contribution in [-0.2, 0) is 0 Å². The van der Waals surface area contributed by atoms with E-state index in [-0.39, 0.29) is 11.3 Å². The maximum atomic E-state index is 12.3. The number of rotatable bonds is 2. The number of nitrogens with zero attached hydrogens (tertiary/aromatic N) is 2. The predicted octanol–water partition coefficient (Wildman–Crippen LogP) is 2.40. The van der Waals surface area contributed by atoms with Crippen molar-refractivity contribution >= 4 is 23.2 Å². The third kappa shape index (κ3) is 1.58. The number of amides is 2. The summed E-state index contributed by atoms with van der Waals surface area (Å²) in [6.45, 7) is 0. The van der Waals surface area contributed by atoms with E-state index in [1.165, 1.54) is 24.3 Å². The number of nitro benzene ring substituents is 1. The highest BCUT2D eigenvalue weighted by Gasteiger charge is 2.39. The van der Waals surface area contributed by atoms with Gasteiger partial charge in [0, 0.05) is 6.07 Å². The number of hydrogen-bond donors (Lipinski definition) is 0. The van der Waals surface area contributed by atoms with Gasteiger partial charge in [-0.2, -0.15) is 0 Å². The molecule has 3 rings (SSSR count). The topological polar surface area (TPSA) is 80.5 Å². The summed E-state index contributed by atoms with van der Waals surface area (Å²) >= 11 is 0. The van der Waals surface area contributed by atoms with Crippen molar-refractivity contribution in [2.24, 2.45) is 0 Å². The molecule has 20 heavy (non-hydrogen) atoms. The highest BCUT2D eigenvalue weighted by atomic mass is 16.6. The number of carbonyl (C=O) groups is 2. The lowest BCUT2D eigenvalue weighted by Gasteiger charge is -2.31. The number of anilines is 1. The first-order valence-electron chi connectivity index (χ1n) is 5.82. The molecule has 0 saturated heterocycles. The maximum absolute atomic E-state index is 12.3. The minimum atomic E-state index is -0.680. The van der Waals surface area contributed by atoms with Crippen molar-refractivity contribution in [1.82, 2.24) is 0 Å². The molecule has 0 aromatic heterocycles. The molecular formula is C14H8N2O4. The lowest BCUT2D eigenvalue weighted by molar-refractivity contribution is -0.385. The minimum absolute atomic E-state index is 0.0969. The van der Waals surface area contributed by atoms with Gasteiger partial charge in [-0.15, -0.1) is 0 Å². The molecule has 0 atom stereocenters. The quantitative estimate of drug-likeness (QED) is 0.476. The van der Waals surface area contributed by atoms with E-state index in [1.807, 2.05) is 0 Å². The molecule has 0 bridgehead atoms. The zero-order chi connectivity index (χ0) is 14.3. The van der Waals surface area contributed by atoms with E-state index in [0.717, 1.165) is 4.90 Å². The smallest absolute Gasteiger partial charge is 0.268 e. The van der Waals surface area contributed by atoms with Gasteiger partial charge in [0.25, 0.3) is 17.5 Å². The Labute approximate surface area is 113 Å². The highest BCUT2D eigenvalue weighted by Crippen LogP contribution is 2.34. The fraction of sp³-hybridized carbons (Fsp3) is 0. The van der Waals surface area contributed by atoms with Crippen LogP contribution >= 0.6 is 0 Å². The summed E-state index contributed by atoms with van der Waals surface area (Å²) in [5, 5.41) is 10.9. The molecule has 0 radical (unpaired) electrons. The number of fused-ring (bicyclic) bond motifs is 1. The van der Waals surface area contributed by atoms with E-state index in [1.54, 1.807) is 24.3 Å². The minimum Gasteiger partial charge on any atom is -0.268 e. The Bertz CT molecular complexity index is 754. The first kappa shape index (κ1) is 12.0. The van der Waals surface area contributed by atoms with Crippen LogP contribution in [0.1, 0.15) is 20.7 Å². The summed E-state index contributed by atoms with van der Waals surface area (Å²) in [5.41, 5.74) is 0.509. The molecule has 0 aliphatic carbocycles. The second-order valence-electron chi connectivity index (χ2n) is 4.24. The Morgan fingerprint density at radius 3 is 2.45 bits per heavy atom. The molecule has 0 spiro atoms. The van der Waals surface area contributed by atoms with Crippen LogP contribution < -0.4 is 4.90 Å².